The molecule has 9 nitrogen and oxygen atoms in total. The Morgan fingerprint density at radius 1 is 1.05 bits per heavy atom. The van der Waals surface area contributed by atoms with Crippen LogP contribution in [0.2, 0.25) is 0 Å². The van der Waals surface area contributed by atoms with Crippen molar-refractivity contribution >= 4 is 23.0 Å². The molecule has 40 heavy (non-hydrogen) atoms. The maximum Gasteiger partial charge on any atom is 0.451 e. The zero-order valence-electron chi connectivity index (χ0n) is 21.5. The van der Waals surface area contributed by atoms with E-state index < -0.39 is 24.0 Å². The summed E-state index contributed by atoms with van der Waals surface area (Å²) in [4.78, 5) is 42.6. The minimum absolute atomic E-state index is 0.0381. The number of halogens is 3. The number of carbonyl (C=O) groups excluding carboxylic acids is 1. The van der Waals surface area contributed by atoms with Crippen LogP contribution in [0.4, 0.5) is 18.0 Å². The number of nitrogens with zero attached hydrogens (tertiary/aromatic N) is 5. The summed E-state index contributed by atoms with van der Waals surface area (Å²) in [6.45, 7) is 2.96. The van der Waals surface area contributed by atoms with Crippen LogP contribution in [0.1, 0.15) is 57.3 Å². The van der Waals surface area contributed by atoms with Crippen LogP contribution < -0.4 is 0 Å². The van der Waals surface area contributed by atoms with Crippen LogP contribution in [0, 0.1) is 6.92 Å². The van der Waals surface area contributed by atoms with E-state index in [1.807, 2.05) is 19.2 Å². The van der Waals surface area contributed by atoms with E-state index in [2.05, 4.69) is 32.1 Å². The molecule has 0 radical (unpaired) electrons. The molecule has 0 saturated carbocycles. The fraction of sp³-hybridized carbons (Fsp3) is 0.321. The van der Waals surface area contributed by atoms with Gasteiger partial charge < -0.3 is 19.9 Å². The minimum Gasteiger partial charge on any atom is -0.465 e. The number of likely N-dealkylation sites (tertiary alicyclic amines) is 1. The van der Waals surface area contributed by atoms with Gasteiger partial charge >= 0.3 is 12.3 Å². The minimum atomic E-state index is -4.70. The number of H-pyrrole nitrogens is 1. The summed E-state index contributed by atoms with van der Waals surface area (Å²) in [5.41, 5.74) is 6.33. The SMILES string of the molecule is Cc1c[nH]c2ncc(-c3cc4c(c([C@@H]5CCCN5C(=O)O)c3)CN(C(=O)c3cnc(C(F)(F)F)nc3)CC4)cc12. The van der Waals surface area contributed by atoms with Crippen molar-refractivity contribution in [3.8, 4) is 11.1 Å². The van der Waals surface area contributed by atoms with Gasteiger partial charge in [-0.3, -0.25) is 4.79 Å². The number of carbonyl (C=O) groups is 2. The van der Waals surface area contributed by atoms with Gasteiger partial charge in [-0.25, -0.2) is 19.7 Å². The van der Waals surface area contributed by atoms with Crippen molar-refractivity contribution in [3.63, 3.8) is 0 Å². The van der Waals surface area contributed by atoms with Crippen LogP contribution in [-0.2, 0) is 19.1 Å². The summed E-state index contributed by atoms with van der Waals surface area (Å²) in [7, 11) is 0. The van der Waals surface area contributed by atoms with E-state index in [0.717, 1.165) is 63.2 Å². The first-order chi connectivity index (χ1) is 19.1. The van der Waals surface area contributed by atoms with Crippen molar-refractivity contribution in [2.45, 2.75) is 44.9 Å². The highest BCUT2D eigenvalue weighted by Crippen LogP contribution is 2.40. The van der Waals surface area contributed by atoms with Gasteiger partial charge in [-0.05, 0) is 66.1 Å². The van der Waals surface area contributed by atoms with E-state index in [0.29, 0.717) is 25.9 Å². The zero-order chi connectivity index (χ0) is 28.2. The largest absolute Gasteiger partial charge is 0.465 e. The molecule has 2 aliphatic heterocycles. The second-order valence-electron chi connectivity index (χ2n) is 10.2. The topological polar surface area (TPSA) is 115 Å². The molecule has 1 fully saturated rings. The van der Waals surface area contributed by atoms with Crippen LogP contribution in [0.3, 0.4) is 0 Å². The first-order valence-corrected chi connectivity index (χ1v) is 12.9. The molecule has 5 heterocycles. The van der Waals surface area contributed by atoms with Crippen LogP contribution in [-0.4, -0.2) is 59.9 Å². The van der Waals surface area contributed by atoms with Gasteiger partial charge in [-0.2, -0.15) is 13.2 Å². The highest BCUT2D eigenvalue weighted by Gasteiger charge is 2.36. The number of aromatic nitrogens is 4. The molecule has 3 aromatic heterocycles. The molecule has 0 unspecified atom stereocenters. The Balaban J connectivity index is 1.39. The van der Waals surface area contributed by atoms with E-state index in [1.165, 1.54) is 4.90 Å². The zero-order valence-corrected chi connectivity index (χ0v) is 21.5. The number of amides is 2. The third-order valence-electron chi connectivity index (χ3n) is 7.75. The van der Waals surface area contributed by atoms with Gasteiger partial charge in [0.2, 0.25) is 5.82 Å². The second kappa shape index (κ2) is 9.61. The summed E-state index contributed by atoms with van der Waals surface area (Å²) >= 11 is 0. The Hall–Kier alpha value is -4.48. The Bertz CT molecular complexity index is 1630. The fourth-order valence-corrected chi connectivity index (χ4v) is 5.71. The number of hydrogen-bond acceptors (Lipinski definition) is 5. The van der Waals surface area contributed by atoms with Gasteiger partial charge in [0.1, 0.15) is 5.65 Å². The summed E-state index contributed by atoms with van der Waals surface area (Å²) in [6, 6.07) is 5.74. The molecule has 12 heteroatoms. The van der Waals surface area contributed by atoms with Crippen LogP contribution in [0.5, 0.6) is 0 Å². The smallest absolute Gasteiger partial charge is 0.451 e. The number of rotatable bonds is 3. The van der Waals surface area contributed by atoms with E-state index >= 15 is 0 Å². The highest BCUT2D eigenvalue weighted by molar-refractivity contribution is 5.94. The number of pyridine rings is 1. The molecule has 1 atom stereocenters. The van der Waals surface area contributed by atoms with Crippen LogP contribution in [0.25, 0.3) is 22.2 Å². The molecule has 0 aliphatic carbocycles. The number of hydrogen-bond donors (Lipinski definition) is 2. The van der Waals surface area contributed by atoms with Gasteiger partial charge in [0.05, 0.1) is 11.6 Å². The summed E-state index contributed by atoms with van der Waals surface area (Å²) < 4.78 is 38.7. The number of aromatic amines is 1. The highest BCUT2D eigenvalue weighted by atomic mass is 19.4. The molecule has 4 aromatic rings. The molecule has 1 aromatic carbocycles. The third kappa shape index (κ3) is 4.52. The van der Waals surface area contributed by atoms with Crippen molar-refractivity contribution in [2.24, 2.45) is 0 Å². The van der Waals surface area contributed by atoms with Gasteiger partial charge in [-0.1, -0.05) is 6.07 Å². The number of fused-ring (bicyclic) bond motifs is 2. The van der Waals surface area contributed by atoms with E-state index in [4.69, 9.17) is 0 Å². The third-order valence-corrected chi connectivity index (χ3v) is 7.75. The summed E-state index contributed by atoms with van der Waals surface area (Å²) in [5, 5.41) is 10.9. The lowest BCUT2D eigenvalue weighted by molar-refractivity contribution is -0.145. The van der Waals surface area contributed by atoms with E-state index in [9.17, 15) is 27.9 Å². The Kier molecular flexibility index (Phi) is 6.20. The standard InChI is InChI=1S/C28H25F3N6O3/c1-15-10-32-24-20(15)9-18(11-33-24)17-7-16-4-6-36(25(38)19-12-34-26(35-13-19)28(29,30)31)14-22(16)21(8-17)23-3-2-5-37(23)27(39)40/h7-13,23H,2-6,14H2,1H3,(H,32,33)(H,39,40)/t23-/m0/s1. The molecule has 0 bridgehead atoms. The van der Waals surface area contributed by atoms with E-state index in [1.54, 1.807) is 11.1 Å². The molecule has 0 spiro atoms. The average Bonchev–Trinajstić information content (AvgIpc) is 3.58. The molecule has 6 rings (SSSR count). The molecule has 206 valence electrons. The lowest BCUT2D eigenvalue weighted by Gasteiger charge is -2.33. The second-order valence-corrected chi connectivity index (χ2v) is 10.2. The first kappa shape index (κ1) is 25.8. The lowest BCUT2D eigenvalue weighted by atomic mass is 9.86. The Labute approximate surface area is 226 Å². The predicted octanol–water partition coefficient (Wildman–Crippen LogP) is 5.36. The monoisotopic (exact) mass is 550 g/mol. The van der Waals surface area contributed by atoms with Crippen molar-refractivity contribution in [1.29, 1.82) is 0 Å². The summed E-state index contributed by atoms with van der Waals surface area (Å²) in [5.74, 6) is -1.78. The maximum atomic E-state index is 13.2. The van der Waals surface area contributed by atoms with Crippen LogP contribution >= 0.6 is 0 Å². The lowest BCUT2D eigenvalue weighted by Crippen LogP contribution is -2.38. The first-order valence-electron chi connectivity index (χ1n) is 12.9. The van der Waals surface area contributed by atoms with Crippen molar-refractivity contribution < 1.29 is 27.9 Å². The molecule has 2 amide bonds. The van der Waals surface area contributed by atoms with Gasteiger partial charge in [0.15, 0.2) is 0 Å². The number of carboxylic acid groups (broad SMARTS) is 1. The van der Waals surface area contributed by atoms with Gasteiger partial charge in [0, 0.05) is 55.4 Å². The predicted molar refractivity (Wildman–Crippen MR) is 138 cm³/mol. The molecule has 1 saturated heterocycles. The normalized spacial score (nSPS) is 17.4. The average molecular weight is 551 g/mol. The quantitative estimate of drug-likeness (QED) is 0.355. The Morgan fingerprint density at radius 3 is 2.55 bits per heavy atom. The summed E-state index contributed by atoms with van der Waals surface area (Å²) in [6.07, 6.45) is 1.65. The van der Waals surface area contributed by atoms with Crippen molar-refractivity contribution in [1.82, 2.24) is 29.7 Å². The molecular weight excluding hydrogens is 525 g/mol. The van der Waals surface area contributed by atoms with Gasteiger partial charge in [0.25, 0.3) is 5.91 Å². The molecular formula is C28H25F3N6O3. The number of aryl methyl sites for hydroxylation is 1. The molecule has 2 N–H and O–H groups in total. The number of alkyl halides is 3. The maximum absolute atomic E-state index is 13.2. The molecule has 2 aliphatic rings. The van der Waals surface area contributed by atoms with Crippen molar-refractivity contribution in [3.05, 3.63) is 76.6 Å². The van der Waals surface area contributed by atoms with Crippen LogP contribution in [0.15, 0.2) is 43.0 Å². The van der Waals surface area contributed by atoms with Crippen molar-refractivity contribution in [2.75, 3.05) is 13.1 Å². The fourth-order valence-electron chi connectivity index (χ4n) is 5.71. The van der Waals surface area contributed by atoms with E-state index in [-0.39, 0.29) is 18.2 Å². The number of benzene rings is 1. The number of nitrogens with one attached hydrogen (secondary N) is 1. The Morgan fingerprint density at radius 2 is 1.82 bits per heavy atom. The van der Waals surface area contributed by atoms with Gasteiger partial charge in [-0.15, -0.1) is 0 Å².